The second-order valence-electron chi connectivity index (χ2n) is 7.10. The lowest BCUT2D eigenvalue weighted by Gasteiger charge is -2.17. The van der Waals surface area contributed by atoms with E-state index >= 15 is 0 Å². The highest BCUT2D eigenvalue weighted by Gasteiger charge is 2.20. The zero-order valence-electron chi connectivity index (χ0n) is 14.9. The first-order chi connectivity index (χ1) is 11.3. The number of benzene rings is 1. The van der Waals surface area contributed by atoms with Crippen molar-refractivity contribution in [3.05, 3.63) is 53.2 Å². The first kappa shape index (κ1) is 16.3. The molecule has 2 N–H and O–H groups in total. The van der Waals surface area contributed by atoms with Crippen molar-refractivity contribution in [3.8, 4) is 11.5 Å². The maximum Gasteiger partial charge on any atom is 0.226 e. The van der Waals surface area contributed by atoms with Crippen molar-refractivity contribution >= 4 is 5.69 Å². The lowest BCUT2D eigenvalue weighted by Crippen LogP contribution is -2.15. The first-order valence-corrected chi connectivity index (χ1v) is 8.16. The molecule has 5 heteroatoms. The number of nitrogens with zero attached hydrogens (tertiary/aromatic N) is 2. The van der Waals surface area contributed by atoms with Gasteiger partial charge in [-0.1, -0.05) is 20.8 Å². The van der Waals surface area contributed by atoms with Crippen molar-refractivity contribution in [1.29, 1.82) is 0 Å². The Morgan fingerprint density at radius 2 is 1.83 bits per heavy atom. The Balaban J connectivity index is 1.70. The van der Waals surface area contributed by atoms with Crippen LogP contribution in [0.2, 0.25) is 0 Å². The van der Waals surface area contributed by atoms with Crippen LogP contribution in [-0.4, -0.2) is 15.2 Å². The number of aromatic amines is 1. The molecule has 0 saturated heterocycles. The lowest BCUT2D eigenvalue weighted by molar-refractivity contribution is 0.541. The summed E-state index contributed by atoms with van der Waals surface area (Å²) in [5.41, 5.74) is 5.28. The molecule has 2 aromatic heterocycles. The van der Waals surface area contributed by atoms with Crippen molar-refractivity contribution in [2.75, 3.05) is 5.32 Å². The fourth-order valence-electron chi connectivity index (χ4n) is 2.62. The van der Waals surface area contributed by atoms with Gasteiger partial charge in [0.05, 0.1) is 11.4 Å². The fraction of sp³-hybridized carbons (Fsp3) is 0.368. The summed E-state index contributed by atoms with van der Waals surface area (Å²) in [5, 5.41) is 10.8. The van der Waals surface area contributed by atoms with Gasteiger partial charge >= 0.3 is 0 Å². The van der Waals surface area contributed by atoms with Crippen molar-refractivity contribution in [3.63, 3.8) is 0 Å². The monoisotopic (exact) mass is 324 g/mol. The van der Waals surface area contributed by atoms with Crippen LogP contribution in [0.3, 0.4) is 0 Å². The van der Waals surface area contributed by atoms with Gasteiger partial charge in [-0.25, -0.2) is 4.98 Å². The number of anilines is 1. The van der Waals surface area contributed by atoms with Gasteiger partial charge < -0.3 is 9.73 Å². The molecular weight excluding hydrogens is 300 g/mol. The number of aryl methyl sites for hydroxylation is 2. The third kappa shape index (κ3) is 3.35. The predicted octanol–water partition coefficient (Wildman–Crippen LogP) is 4.59. The highest BCUT2D eigenvalue weighted by atomic mass is 16.4. The van der Waals surface area contributed by atoms with Gasteiger partial charge in [-0.3, -0.25) is 5.10 Å². The Bertz CT molecular complexity index is 802. The molecule has 5 nitrogen and oxygen atoms in total. The van der Waals surface area contributed by atoms with Crippen LogP contribution in [0.15, 0.2) is 34.9 Å². The van der Waals surface area contributed by atoms with Crippen LogP contribution in [0.5, 0.6) is 0 Å². The number of nitrogens with one attached hydrogen (secondary N) is 2. The zero-order valence-corrected chi connectivity index (χ0v) is 14.9. The third-order valence-electron chi connectivity index (χ3n) is 4.07. The highest BCUT2D eigenvalue weighted by molar-refractivity contribution is 5.59. The fourth-order valence-corrected chi connectivity index (χ4v) is 2.62. The topological polar surface area (TPSA) is 66.7 Å². The largest absolute Gasteiger partial charge is 0.441 e. The number of oxazole rings is 1. The van der Waals surface area contributed by atoms with E-state index in [9.17, 15) is 0 Å². The molecule has 0 aliphatic rings. The molecule has 0 spiro atoms. The maximum absolute atomic E-state index is 5.67. The number of rotatable bonds is 4. The first-order valence-electron chi connectivity index (χ1n) is 8.16. The van der Waals surface area contributed by atoms with E-state index in [4.69, 9.17) is 4.42 Å². The van der Waals surface area contributed by atoms with Crippen molar-refractivity contribution in [1.82, 2.24) is 15.2 Å². The van der Waals surface area contributed by atoms with Crippen LogP contribution in [-0.2, 0) is 12.0 Å². The van der Waals surface area contributed by atoms with Gasteiger partial charge in [0.1, 0.15) is 5.76 Å². The minimum Gasteiger partial charge on any atom is -0.441 e. The van der Waals surface area contributed by atoms with Crippen LogP contribution in [0.4, 0.5) is 5.69 Å². The van der Waals surface area contributed by atoms with E-state index < -0.39 is 0 Å². The Morgan fingerprint density at radius 3 is 2.42 bits per heavy atom. The van der Waals surface area contributed by atoms with Crippen molar-refractivity contribution in [2.45, 2.75) is 46.6 Å². The van der Waals surface area contributed by atoms with Gasteiger partial charge in [0, 0.05) is 35.0 Å². The Kier molecular flexibility index (Phi) is 4.18. The molecule has 3 rings (SSSR count). The lowest BCUT2D eigenvalue weighted by atomic mass is 9.89. The standard InChI is InChI=1S/C19H24N4O/c1-12-13(2)24-18(22-12)14-6-8-16(9-7-14)20-10-15-11-21-23-17(15)19(3,4)5/h6-9,11,20H,10H2,1-5H3,(H,21,23). The normalized spacial score (nSPS) is 11.7. The van der Waals surface area contributed by atoms with Crippen LogP contribution in [0, 0.1) is 13.8 Å². The van der Waals surface area contributed by atoms with Crippen LogP contribution >= 0.6 is 0 Å². The molecule has 24 heavy (non-hydrogen) atoms. The van der Waals surface area contributed by atoms with Crippen LogP contribution < -0.4 is 5.32 Å². The summed E-state index contributed by atoms with van der Waals surface area (Å²) in [4.78, 5) is 4.44. The van der Waals surface area contributed by atoms with Crippen molar-refractivity contribution in [2.24, 2.45) is 0 Å². The molecule has 0 saturated carbocycles. The van der Waals surface area contributed by atoms with Gasteiger partial charge in [-0.2, -0.15) is 5.10 Å². The maximum atomic E-state index is 5.67. The Hall–Kier alpha value is -2.56. The molecule has 3 aromatic rings. The van der Waals surface area contributed by atoms with E-state index in [1.807, 2.05) is 44.3 Å². The molecule has 0 unspecified atom stereocenters. The number of aromatic nitrogens is 3. The summed E-state index contributed by atoms with van der Waals surface area (Å²) in [5.74, 6) is 1.53. The summed E-state index contributed by atoms with van der Waals surface area (Å²) in [7, 11) is 0. The quantitative estimate of drug-likeness (QED) is 0.736. The van der Waals surface area contributed by atoms with Gasteiger partial charge in [0.25, 0.3) is 0 Å². The SMILES string of the molecule is Cc1nc(-c2ccc(NCc3c[nH]nc3C(C)(C)C)cc2)oc1C. The summed E-state index contributed by atoms with van der Waals surface area (Å²) in [6, 6.07) is 8.13. The van der Waals surface area contributed by atoms with Gasteiger partial charge in [-0.05, 0) is 38.1 Å². The van der Waals surface area contributed by atoms with E-state index in [2.05, 4.69) is 41.3 Å². The van der Waals surface area contributed by atoms with E-state index in [0.29, 0.717) is 5.89 Å². The van der Waals surface area contributed by atoms with Gasteiger partial charge in [0.2, 0.25) is 5.89 Å². The molecular formula is C19H24N4O. The highest BCUT2D eigenvalue weighted by Crippen LogP contribution is 2.25. The average molecular weight is 324 g/mol. The minimum atomic E-state index is 0.0293. The summed E-state index contributed by atoms with van der Waals surface area (Å²) in [6.45, 7) is 11.1. The average Bonchev–Trinajstić information content (AvgIpc) is 3.13. The van der Waals surface area contributed by atoms with E-state index in [1.165, 1.54) is 5.56 Å². The molecule has 1 aromatic carbocycles. The molecule has 0 aliphatic carbocycles. The van der Waals surface area contributed by atoms with Crippen LogP contribution in [0.1, 0.15) is 43.5 Å². The molecule has 2 heterocycles. The van der Waals surface area contributed by atoms with Gasteiger partial charge in [0.15, 0.2) is 0 Å². The Morgan fingerprint density at radius 1 is 1.12 bits per heavy atom. The molecule has 0 aliphatic heterocycles. The summed E-state index contributed by atoms with van der Waals surface area (Å²) in [6.07, 6.45) is 1.96. The van der Waals surface area contributed by atoms with E-state index in [-0.39, 0.29) is 5.41 Å². The van der Waals surface area contributed by atoms with Crippen LogP contribution in [0.25, 0.3) is 11.5 Å². The second kappa shape index (κ2) is 6.15. The van der Waals surface area contributed by atoms with E-state index in [0.717, 1.165) is 34.9 Å². The molecule has 0 fully saturated rings. The predicted molar refractivity (Wildman–Crippen MR) is 96.0 cm³/mol. The summed E-state index contributed by atoms with van der Waals surface area (Å²) < 4.78 is 5.67. The van der Waals surface area contributed by atoms with Gasteiger partial charge in [-0.15, -0.1) is 0 Å². The molecule has 126 valence electrons. The number of hydrogen-bond acceptors (Lipinski definition) is 4. The molecule has 0 atom stereocenters. The van der Waals surface area contributed by atoms with Crippen molar-refractivity contribution < 1.29 is 4.42 Å². The Labute approximate surface area is 142 Å². The summed E-state index contributed by atoms with van der Waals surface area (Å²) >= 11 is 0. The zero-order chi connectivity index (χ0) is 17.3. The second-order valence-corrected chi connectivity index (χ2v) is 7.10. The minimum absolute atomic E-state index is 0.0293. The number of hydrogen-bond donors (Lipinski definition) is 2. The molecule has 0 bridgehead atoms. The number of H-pyrrole nitrogens is 1. The molecule has 0 amide bonds. The third-order valence-corrected chi connectivity index (χ3v) is 4.07. The van der Waals surface area contributed by atoms with E-state index in [1.54, 1.807) is 0 Å². The smallest absolute Gasteiger partial charge is 0.226 e. The molecule has 0 radical (unpaired) electrons.